The third-order valence-corrected chi connectivity index (χ3v) is 7.72. The Balaban J connectivity index is 1.85. The Morgan fingerprint density at radius 2 is 1.72 bits per heavy atom. The van der Waals surface area contributed by atoms with Crippen molar-refractivity contribution in [3.8, 4) is 5.75 Å². The number of aromatic hydroxyl groups is 1. The molecule has 0 spiro atoms. The second kappa shape index (κ2) is 6.85. The van der Waals surface area contributed by atoms with Crippen LogP contribution in [0.5, 0.6) is 5.75 Å². The number of allylic oxidation sites excluding steroid dienone is 6. The van der Waals surface area contributed by atoms with E-state index in [4.69, 9.17) is 0 Å². The fraction of sp³-hybridized carbons (Fsp3) is 0.385. The van der Waals surface area contributed by atoms with Crippen LogP contribution < -0.4 is 0 Å². The van der Waals surface area contributed by atoms with Crippen LogP contribution in [0.25, 0.3) is 5.57 Å². The molecule has 0 saturated heterocycles. The van der Waals surface area contributed by atoms with Gasteiger partial charge in [0.15, 0.2) is 0 Å². The van der Waals surface area contributed by atoms with E-state index in [2.05, 4.69) is 0 Å². The molecule has 5 N–H and O–H groups in total. The molecule has 0 aromatic heterocycles. The van der Waals surface area contributed by atoms with Gasteiger partial charge in [0, 0.05) is 35.0 Å². The molecular formula is C26H29NO5. The van der Waals surface area contributed by atoms with Gasteiger partial charge in [0.1, 0.15) is 22.9 Å². The molecule has 0 heterocycles. The van der Waals surface area contributed by atoms with Crippen LogP contribution in [-0.4, -0.2) is 56.2 Å². The summed E-state index contributed by atoms with van der Waals surface area (Å²) in [7, 11) is 3.65. The fourth-order valence-corrected chi connectivity index (χ4v) is 6.18. The summed E-state index contributed by atoms with van der Waals surface area (Å²) in [6.45, 7) is 1.69. The van der Waals surface area contributed by atoms with Crippen LogP contribution in [0.1, 0.15) is 30.9 Å². The lowest BCUT2D eigenvalue weighted by atomic mass is 9.55. The van der Waals surface area contributed by atoms with Gasteiger partial charge in [-0.1, -0.05) is 36.4 Å². The summed E-state index contributed by atoms with van der Waals surface area (Å²) in [6.07, 6.45) is 9.54. The fourth-order valence-electron chi connectivity index (χ4n) is 6.18. The maximum atomic E-state index is 11.8. The summed E-state index contributed by atoms with van der Waals surface area (Å²) in [5.41, 5.74) is -0.0501. The van der Waals surface area contributed by atoms with Crippen molar-refractivity contribution in [2.45, 2.75) is 37.0 Å². The van der Waals surface area contributed by atoms with Gasteiger partial charge in [-0.25, -0.2) is 0 Å². The van der Waals surface area contributed by atoms with Crippen LogP contribution in [0.15, 0.2) is 71.2 Å². The third kappa shape index (κ3) is 2.63. The van der Waals surface area contributed by atoms with Crippen molar-refractivity contribution in [1.82, 2.24) is 4.90 Å². The normalized spacial score (nSPS) is 35.7. The molecule has 4 aliphatic rings. The Morgan fingerprint density at radius 3 is 2.38 bits per heavy atom. The van der Waals surface area contributed by atoms with Gasteiger partial charge in [-0.2, -0.15) is 0 Å². The van der Waals surface area contributed by atoms with Crippen LogP contribution in [0.4, 0.5) is 0 Å². The van der Waals surface area contributed by atoms with E-state index >= 15 is 0 Å². The van der Waals surface area contributed by atoms with Gasteiger partial charge in [0.05, 0.1) is 11.6 Å². The van der Waals surface area contributed by atoms with Crippen LogP contribution in [0.2, 0.25) is 0 Å². The minimum Gasteiger partial charge on any atom is -0.511 e. The zero-order valence-corrected chi connectivity index (χ0v) is 18.4. The summed E-state index contributed by atoms with van der Waals surface area (Å²) < 4.78 is 0. The van der Waals surface area contributed by atoms with E-state index in [1.54, 1.807) is 31.2 Å². The van der Waals surface area contributed by atoms with Crippen LogP contribution >= 0.6 is 0 Å². The zero-order valence-electron chi connectivity index (χ0n) is 18.4. The number of rotatable bonds is 1. The predicted octanol–water partition coefficient (Wildman–Crippen LogP) is 3.45. The van der Waals surface area contributed by atoms with Crippen molar-refractivity contribution in [3.63, 3.8) is 0 Å². The average molecular weight is 436 g/mol. The summed E-state index contributed by atoms with van der Waals surface area (Å²) in [6, 6.07) is 4.58. The second-order valence-electron chi connectivity index (χ2n) is 9.72. The second-order valence-corrected chi connectivity index (χ2v) is 9.72. The van der Waals surface area contributed by atoms with Crippen LogP contribution in [0, 0.1) is 11.8 Å². The summed E-state index contributed by atoms with van der Waals surface area (Å²) in [5, 5.41) is 56.7. The molecule has 5 atom stereocenters. The van der Waals surface area contributed by atoms with Crippen molar-refractivity contribution in [1.29, 1.82) is 0 Å². The Labute approximate surface area is 187 Å². The number of hydrogen-bond donors (Lipinski definition) is 5. The number of fused-ring (bicyclic) bond motifs is 3. The number of nitrogens with zero attached hydrogens (tertiary/aromatic N) is 1. The van der Waals surface area contributed by atoms with E-state index in [1.165, 1.54) is 0 Å². The quantitative estimate of drug-likeness (QED) is 0.463. The van der Waals surface area contributed by atoms with Gasteiger partial charge in [-0.05, 0) is 50.7 Å². The Hall–Kier alpha value is -2.80. The molecule has 168 valence electrons. The SMILES string of the molecule is CN(C)C1C(O)=CCC2(O)C(O)=C3C(=C4C=CC=C4)c4c(O)cccc4C(C)(O)C3CC12. The van der Waals surface area contributed by atoms with E-state index in [0.29, 0.717) is 28.7 Å². The van der Waals surface area contributed by atoms with Crippen molar-refractivity contribution >= 4 is 5.57 Å². The molecule has 6 nitrogen and oxygen atoms in total. The lowest BCUT2D eigenvalue weighted by Gasteiger charge is -2.54. The third-order valence-electron chi connectivity index (χ3n) is 7.72. The standard InChI is InChI=1S/C26H29NO5/c1-25(31)15-9-6-10-18(28)21(15)20(14-7-4-5-8-14)22-16(25)13-17-23(27(2)3)19(29)11-12-26(17,32)24(22)30/h4-11,16-17,23,28-32H,12-13H2,1-3H3. The first kappa shape index (κ1) is 21.1. The number of likely N-dealkylation sites (N-methyl/N-ethyl adjacent to an activating group) is 1. The molecule has 1 aromatic carbocycles. The summed E-state index contributed by atoms with van der Waals surface area (Å²) in [5.74, 6) is -1.09. The lowest BCUT2D eigenvalue weighted by molar-refractivity contribution is -0.0970. The molecule has 0 bridgehead atoms. The molecule has 6 heteroatoms. The molecule has 5 unspecified atom stereocenters. The van der Waals surface area contributed by atoms with E-state index < -0.39 is 29.1 Å². The van der Waals surface area contributed by atoms with E-state index in [-0.39, 0.29) is 23.7 Å². The first-order valence-electron chi connectivity index (χ1n) is 10.9. The Bertz CT molecular complexity index is 1140. The highest BCUT2D eigenvalue weighted by Gasteiger charge is 2.59. The lowest BCUT2D eigenvalue weighted by Crippen LogP contribution is -2.58. The number of aliphatic hydroxyl groups excluding tert-OH is 2. The van der Waals surface area contributed by atoms with E-state index in [1.807, 2.05) is 43.3 Å². The predicted molar refractivity (Wildman–Crippen MR) is 122 cm³/mol. The average Bonchev–Trinajstić information content (AvgIpc) is 3.25. The van der Waals surface area contributed by atoms with Gasteiger partial charge in [0.2, 0.25) is 0 Å². The number of benzene rings is 1. The van der Waals surface area contributed by atoms with Gasteiger partial charge in [-0.15, -0.1) is 0 Å². The monoisotopic (exact) mass is 435 g/mol. The van der Waals surface area contributed by atoms with E-state index in [9.17, 15) is 25.5 Å². The van der Waals surface area contributed by atoms with Crippen molar-refractivity contribution in [2.75, 3.05) is 14.1 Å². The summed E-state index contributed by atoms with van der Waals surface area (Å²) in [4.78, 5) is 1.83. The molecule has 4 aliphatic carbocycles. The molecule has 0 saturated carbocycles. The highest BCUT2D eigenvalue weighted by Crippen LogP contribution is 2.60. The van der Waals surface area contributed by atoms with Crippen LogP contribution in [0.3, 0.4) is 0 Å². The largest absolute Gasteiger partial charge is 0.511 e. The highest BCUT2D eigenvalue weighted by atomic mass is 16.3. The minimum atomic E-state index is -1.59. The molecular weight excluding hydrogens is 406 g/mol. The molecule has 0 aliphatic heterocycles. The maximum absolute atomic E-state index is 11.8. The number of aliphatic hydroxyl groups is 4. The highest BCUT2D eigenvalue weighted by molar-refractivity contribution is 5.92. The van der Waals surface area contributed by atoms with Crippen LogP contribution in [-0.2, 0) is 5.60 Å². The number of phenolic OH excluding ortho intramolecular Hbond substituents is 1. The molecule has 5 rings (SSSR count). The van der Waals surface area contributed by atoms with Gasteiger partial charge in [-0.3, -0.25) is 4.90 Å². The molecule has 32 heavy (non-hydrogen) atoms. The Morgan fingerprint density at radius 1 is 1.03 bits per heavy atom. The minimum absolute atomic E-state index is 0.0131. The molecule has 0 fully saturated rings. The van der Waals surface area contributed by atoms with Gasteiger partial charge < -0.3 is 25.5 Å². The molecule has 1 aromatic rings. The summed E-state index contributed by atoms with van der Waals surface area (Å²) >= 11 is 0. The zero-order chi connectivity index (χ0) is 23.0. The smallest absolute Gasteiger partial charge is 0.130 e. The first-order chi connectivity index (χ1) is 15.1. The van der Waals surface area contributed by atoms with E-state index in [0.717, 1.165) is 5.57 Å². The molecule has 0 amide bonds. The number of hydrogen-bond acceptors (Lipinski definition) is 6. The van der Waals surface area contributed by atoms with Gasteiger partial charge >= 0.3 is 0 Å². The molecule has 0 radical (unpaired) electrons. The van der Waals surface area contributed by atoms with Crippen molar-refractivity contribution < 1.29 is 25.5 Å². The number of phenols is 1. The van der Waals surface area contributed by atoms with Gasteiger partial charge in [0.25, 0.3) is 0 Å². The van der Waals surface area contributed by atoms with Crippen molar-refractivity contribution in [3.05, 3.63) is 82.4 Å². The topological polar surface area (TPSA) is 104 Å². The Kier molecular flexibility index (Phi) is 4.51. The maximum Gasteiger partial charge on any atom is 0.130 e. The van der Waals surface area contributed by atoms with Crippen molar-refractivity contribution in [2.24, 2.45) is 11.8 Å². The first-order valence-corrected chi connectivity index (χ1v) is 10.9.